The molecule has 0 aliphatic heterocycles. The number of Topliss-reactive ketones (excluding diaryl/α,β-unsaturated/α-hetero) is 1. The third-order valence-electron chi connectivity index (χ3n) is 10.5. The summed E-state index contributed by atoms with van der Waals surface area (Å²) in [6.07, 6.45) is 7.04. The van der Waals surface area contributed by atoms with Crippen LogP contribution in [0.5, 0.6) is 5.75 Å². The van der Waals surface area contributed by atoms with Crippen molar-refractivity contribution < 1.29 is 24.5 Å². The van der Waals surface area contributed by atoms with Gasteiger partial charge in [0.15, 0.2) is 5.78 Å². The Bertz CT molecular complexity index is 1340. The van der Waals surface area contributed by atoms with Gasteiger partial charge in [-0.15, -0.1) is 0 Å². The Morgan fingerprint density at radius 3 is 2.70 bits per heavy atom. The van der Waals surface area contributed by atoms with E-state index in [0.717, 1.165) is 29.2 Å². The first-order chi connectivity index (χ1) is 17.6. The highest BCUT2D eigenvalue weighted by Gasteiger charge is 2.68. The van der Waals surface area contributed by atoms with Gasteiger partial charge in [0, 0.05) is 22.1 Å². The van der Waals surface area contributed by atoms with Crippen LogP contribution in [0.4, 0.5) is 0 Å². The number of rotatable bonds is 4. The molecule has 3 fully saturated rings. The fourth-order valence-corrected chi connectivity index (χ4v) is 8.80. The van der Waals surface area contributed by atoms with E-state index in [1.54, 1.807) is 12.2 Å². The van der Waals surface area contributed by atoms with Gasteiger partial charge in [0.05, 0.1) is 6.10 Å². The first-order valence-corrected chi connectivity index (χ1v) is 13.6. The number of aliphatic hydroxyl groups is 2. The number of carbonyl (C=O) groups excluding carboxylic acids is 2. The van der Waals surface area contributed by atoms with E-state index in [9.17, 15) is 19.8 Å². The SMILES string of the molecule is C[C@H]1CC2C(C(O)CC3(C)C2CC[C@]3(O)C(=O)COc2cccc3ccccc23)C2(C)C=CC(=O)C=C12. The maximum atomic E-state index is 13.7. The van der Waals surface area contributed by atoms with Gasteiger partial charge >= 0.3 is 0 Å². The number of benzene rings is 2. The summed E-state index contributed by atoms with van der Waals surface area (Å²) in [7, 11) is 0. The van der Waals surface area contributed by atoms with E-state index in [1.807, 2.05) is 55.5 Å². The van der Waals surface area contributed by atoms with Crippen molar-refractivity contribution in [2.24, 2.45) is 34.5 Å². The van der Waals surface area contributed by atoms with Gasteiger partial charge in [-0.25, -0.2) is 0 Å². The van der Waals surface area contributed by atoms with E-state index < -0.39 is 17.1 Å². The fraction of sp³-hybridized carbons (Fsp3) is 0.500. The third-order valence-corrected chi connectivity index (χ3v) is 10.5. The first kappa shape index (κ1) is 24.6. The lowest BCUT2D eigenvalue weighted by atomic mass is 9.45. The lowest BCUT2D eigenvalue weighted by Crippen LogP contribution is -2.62. The number of allylic oxidation sites excluding steroid dienone is 4. The lowest BCUT2D eigenvalue weighted by molar-refractivity contribution is -0.179. The molecule has 0 saturated heterocycles. The molecular formula is C32H36O5. The highest BCUT2D eigenvalue weighted by Crippen LogP contribution is 2.67. The highest BCUT2D eigenvalue weighted by atomic mass is 16.5. The van der Waals surface area contributed by atoms with Crippen molar-refractivity contribution in [1.82, 2.24) is 0 Å². The van der Waals surface area contributed by atoms with Crippen molar-refractivity contribution >= 4 is 22.3 Å². The zero-order chi connectivity index (χ0) is 26.2. The van der Waals surface area contributed by atoms with Crippen molar-refractivity contribution in [3.8, 4) is 5.75 Å². The summed E-state index contributed by atoms with van der Waals surface area (Å²) in [5, 5.41) is 25.6. The average molecular weight is 501 g/mol. The maximum Gasteiger partial charge on any atom is 0.202 e. The zero-order valence-corrected chi connectivity index (χ0v) is 21.8. The largest absolute Gasteiger partial charge is 0.485 e. The Hall–Kier alpha value is -2.76. The molecule has 4 aliphatic carbocycles. The minimum absolute atomic E-state index is 0.0138. The van der Waals surface area contributed by atoms with Crippen LogP contribution in [-0.4, -0.2) is 40.1 Å². The number of hydrogen-bond donors (Lipinski definition) is 2. The van der Waals surface area contributed by atoms with Crippen molar-refractivity contribution in [2.75, 3.05) is 6.61 Å². The van der Waals surface area contributed by atoms with Gasteiger partial charge in [0.2, 0.25) is 5.78 Å². The summed E-state index contributed by atoms with van der Waals surface area (Å²) in [5.74, 6) is 0.764. The van der Waals surface area contributed by atoms with Gasteiger partial charge in [-0.3, -0.25) is 9.59 Å². The van der Waals surface area contributed by atoms with Crippen molar-refractivity contribution in [2.45, 2.75) is 58.2 Å². The zero-order valence-electron chi connectivity index (χ0n) is 21.8. The van der Waals surface area contributed by atoms with Gasteiger partial charge < -0.3 is 14.9 Å². The monoisotopic (exact) mass is 500 g/mol. The normalized spacial score (nSPS) is 40.5. The predicted octanol–water partition coefficient (Wildman–Crippen LogP) is 5.04. The number of carbonyl (C=O) groups is 2. The Morgan fingerprint density at radius 1 is 1.14 bits per heavy atom. The summed E-state index contributed by atoms with van der Waals surface area (Å²) in [6, 6.07) is 13.6. The van der Waals surface area contributed by atoms with E-state index in [-0.39, 0.29) is 47.3 Å². The predicted molar refractivity (Wildman–Crippen MR) is 142 cm³/mol. The third kappa shape index (κ3) is 3.43. The van der Waals surface area contributed by atoms with Gasteiger partial charge in [-0.2, -0.15) is 0 Å². The summed E-state index contributed by atoms with van der Waals surface area (Å²) in [5.41, 5.74) is -1.57. The van der Waals surface area contributed by atoms with E-state index >= 15 is 0 Å². The molecule has 2 N–H and O–H groups in total. The molecular weight excluding hydrogens is 464 g/mol. The molecule has 5 nitrogen and oxygen atoms in total. The molecule has 0 bridgehead atoms. The molecule has 8 atom stereocenters. The molecule has 0 aromatic heterocycles. The molecule has 4 aliphatic rings. The highest BCUT2D eigenvalue weighted by molar-refractivity contribution is 6.01. The molecule has 6 rings (SSSR count). The number of fused-ring (bicyclic) bond motifs is 6. The second-order valence-corrected chi connectivity index (χ2v) is 12.3. The second-order valence-electron chi connectivity index (χ2n) is 12.3. The number of ketones is 2. The molecule has 3 saturated carbocycles. The van der Waals surface area contributed by atoms with Crippen LogP contribution in [0.2, 0.25) is 0 Å². The molecule has 0 amide bonds. The van der Waals surface area contributed by atoms with E-state index in [4.69, 9.17) is 4.74 Å². The number of ether oxygens (including phenoxy) is 1. The summed E-state index contributed by atoms with van der Waals surface area (Å²) < 4.78 is 6.01. The Kier molecular flexibility index (Phi) is 5.56. The lowest BCUT2D eigenvalue weighted by Gasteiger charge is -2.60. The van der Waals surface area contributed by atoms with Crippen LogP contribution in [0, 0.1) is 34.5 Å². The smallest absolute Gasteiger partial charge is 0.202 e. The summed E-state index contributed by atoms with van der Waals surface area (Å²) >= 11 is 0. The topological polar surface area (TPSA) is 83.8 Å². The van der Waals surface area contributed by atoms with Crippen molar-refractivity contribution in [3.05, 3.63) is 66.3 Å². The van der Waals surface area contributed by atoms with E-state index in [0.29, 0.717) is 18.6 Å². The van der Waals surface area contributed by atoms with E-state index in [2.05, 4.69) is 13.8 Å². The van der Waals surface area contributed by atoms with Crippen molar-refractivity contribution in [1.29, 1.82) is 0 Å². The van der Waals surface area contributed by atoms with Crippen LogP contribution in [0.1, 0.15) is 46.5 Å². The Morgan fingerprint density at radius 2 is 1.89 bits per heavy atom. The Balaban J connectivity index is 1.28. The van der Waals surface area contributed by atoms with Gasteiger partial charge in [0.25, 0.3) is 0 Å². The number of aliphatic hydroxyl groups excluding tert-OH is 1. The minimum Gasteiger partial charge on any atom is -0.485 e. The molecule has 194 valence electrons. The summed E-state index contributed by atoms with van der Waals surface area (Å²) in [4.78, 5) is 25.8. The van der Waals surface area contributed by atoms with Crippen molar-refractivity contribution in [3.63, 3.8) is 0 Å². The first-order valence-electron chi connectivity index (χ1n) is 13.6. The maximum absolute atomic E-state index is 13.7. The van der Waals surface area contributed by atoms with Crippen LogP contribution in [0.15, 0.2) is 66.3 Å². The van der Waals surface area contributed by atoms with Crippen LogP contribution in [-0.2, 0) is 9.59 Å². The van der Waals surface area contributed by atoms with Crippen LogP contribution in [0.25, 0.3) is 10.8 Å². The van der Waals surface area contributed by atoms with Crippen LogP contribution < -0.4 is 4.74 Å². The standard InChI is InChI=1S/C32H36O5/c1-19-15-23-24-12-14-32(36,28(35)18-37-27-10-6-8-20-7-4-5-9-22(20)27)31(24,3)17-26(34)29(23)30(2)13-11-21(33)16-25(19)30/h4-11,13,16,19,23-24,26,29,34,36H,12,14-15,17-18H2,1-3H3/t19-,23?,24?,26?,29?,30?,31?,32-/m0/s1. The molecule has 5 heteroatoms. The molecule has 0 spiro atoms. The molecule has 6 unspecified atom stereocenters. The van der Waals surface area contributed by atoms with Gasteiger partial charge in [-0.1, -0.05) is 68.8 Å². The second kappa shape index (κ2) is 8.37. The van der Waals surface area contributed by atoms with Crippen LogP contribution in [0.3, 0.4) is 0 Å². The van der Waals surface area contributed by atoms with E-state index in [1.165, 1.54) is 0 Å². The minimum atomic E-state index is -1.55. The van der Waals surface area contributed by atoms with Crippen LogP contribution >= 0.6 is 0 Å². The Labute approximate surface area is 218 Å². The molecule has 2 aromatic carbocycles. The molecule has 0 radical (unpaired) electrons. The fourth-order valence-electron chi connectivity index (χ4n) is 8.80. The quantitative estimate of drug-likeness (QED) is 0.614. The number of hydrogen-bond acceptors (Lipinski definition) is 5. The molecule has 37 heavy (non-hydrogen) atoms. The summed E-state index contributed by atoms with van der Waals surface area (Å²) in [6.45, 7) is 6.10. The average Bonchev–Trinajstić information content (AvgIpc) is 3.14. The molecule has 2 aromatic rings. The van der Waals surface area contributed by atoms with Gasteiger partial charge in [0.1, 0.15) is 18.0 Å². The van der Waals surface area contributed by atoms with Gasteiger partial charge in [-0.05, 0) is 67.0 Å². The molecule has 0 heterocycles.